The minimum absolute atomic E-state index is 0.205. The van der Waals surface area contributed by atoms with Crippen molar-refractivity contribution in [3.8, 4) is 0 Å². The first-order chi connectivity index (χ1) is 7.78. The molecule has 0 fully saturated rings. The first-order valence-electron chi connectivity index (χ1n) is 4.98. The van der Waals surface area contributed by atoms with E-state index in [0.717, 1.165) is 18.4 Å². The molecular formula is C11H11FN4. The molecule has 2 aromatic rings. The number of aromatic nitrogens is 3. The van der Waals surface area contributed by atoms with Crippen molar-refractivity contribution in [3.63, 3.8) is 0 Å². The average Bonchev–Trinajstić information content (AvgIpc) is 2.30. The lowest BCUT2D eigenvalue weighted by atomic mass is 10.1. The van der Waals surface area contributed by atoms with E-state index in [1.165, 1.54) is 5.56 Å². The van der Waals surface area contributed by atoms with E-state index in [9.17, 15) is 4.39 Å². The van der Waals surface area contributed by atoms with Gasteiger partial charge in [0.15, 0.2) is 0 Å². The number of anilines is 2. The summed E-state index contributed by atoms with van der Waals surface area (Å²) in [6.45, 7) is 2.09. The van der Waals surface area contributed by atoms with Crippen LogP contribution in [0.3, 0.4) is 0 Å². The van der Waals surface area contributed by atoms with Gasteiger partial charge in [0.1, 0.15) is 6.33 Å². The van der Waals surface area contributed by atoms with Gasteiger partial charge < -0.3 is 5.32 Å². The third kappa shape index (κ3) is 2.50. The van der Waals surface area contributed by atoms with E-state index in [1.807, 2.05) is 24.3 Å². The number of hydrogen-bond acceptors (Lipinski definition) is 4. The van der Waals surface area contributed by atoms with Crippen molar-refractivity contribution in [2.24, 2.45) is 0 Å². The van der Waals surface area contributed by atoms with Crippen molar-refractivity contribution in [2.75, 3.05) is 5.32 Å². The maximum atomic E-state index is 12.7. The van der Waals surface area contributed by atoms with E-state index in [4.69, 9.17) is 0 Å². The fourth-order valence-corrected chi connectivity index (χ4v) is 1.29. The Morgan fingerprint density at radius 3 is 2.56 bits per heavy atom. The third-order valence-corrected chi connectivity index (χ3v) is 2.16. The monoisotopic (exact) mass is 218 g/mol. The van der Waals surface area contributed by atoms with Crippen LogP contribution >= 0.6 is 0 Å². The first-order valence-corrected chi connectivity index (χ1v) is 4.98. The summed E-state index contributed by atoms with van der Waals surface area (Å²) >= 11 is 0. The highest BCUT2D eigenvalue weighted by Crippen LogP contribution is 2.13. The van der Waals surface area contributed by atoms with Gasteiger partial charge in [-0.25, -0.2) is 4.98 Å². The zero-order chi connectivity index (χ0) is 11.4. The fraction of sp³-hybridized carbons (Fsp3) is 0.182. The first kappa shape index (κ1) is 10.5. The second-order valence-electron chi connectivity index (χ2n) is 3.25. The predicted octanol–water partition coefficient (Wildman–Crippen LogP) is 2.32. The van der Waals surface area contributed by atoms with Crippen LogP contribution < -0.4 is 5.32 Å². The summed E-state index contributed by atoms with van der Waals surface area (Å²) in [7, 11) is 0. The fourth-order valence-electron chi connectivity index (χ4n) is 1.29. The number of nitrogens with zero attached hydrogens (tertiary/aromatic N) is 3. The molecule has 0 aliphatic carbocycles. The number of nitrogens with one attached hydrogen (secondary N) is 1. The van der Waals surface area contributed by atoms with Gasteiger partial charge >= 0.3 is 6.08 Å². The summed E-state index contributed by atoms with van der Waals surface area (Å²) in [5, 5.41) is 2.89. The quantitative estimate of drug-likeness (QED) is 0.858. The van der Waals surface area contributed by atoms with Gasteiger partial charge in [-0.2, -0.15) is 14.4 Å². The van der Waals surface area contributed by atoms with E-state index in [2.05, 4.69) is 27.2 Å². The Kier molecular flexibility index (Phi) is 3.05. The van der Waals surface area contributed by atoms with Crippen molar-refractivity contribution in [2.45, 2.75) is 13.3 Å². The number of benzene rings is 1. The molecule has 0 saturated heterocycles. The number of halogens is 1. The minimum atomic E-state index is -0.789. The van der Waals surface area contributed by atoms with E-state index in [1.54, 1.807) is 0 Å². The second kappa shape index (κ2) is 4.65. The molecule has 0 spiro atoms. The Morgan fingerprint density at radius 1 is 1.19 bits per heavy atom. The SMILES string of the molecule is CCc1ccc(Nc2ncnc(F)n2)cc1. The topological polar surface area (TPSA) is 50.7 Å². The summed E-state index contributed by atoms with van der Waals surface area (Å²) in [6, 6.07) is 7.81. The minimum Gasteiger partial charge on any atom is -0.324 e. The van der Waals surface area contributed by atoms with Crippen LogP contribution in [0, 0.1) is 6.08 Å². The van der Waals surface area contributed by atoms with Crippen LogP contribution in [0.25, 0.3) is 0 Å². The van der Waals surface area contributed by atoms with Crippen molar-refractivity contribution < 1.29 is 4.39 Å². The molecule has 0 bridgehead atoms. The molecule has 0 saturated carbocycles. The van der Waals surface area contributed by atoms with Gasteiger partial charge in [-0.3, -0.25) is 0 Å². The van der Waals surface area contributed by atoms with Gasteiger partial charge in [0, 0.05) is 5.69 Å². The Bertz CT molecular complexity index is 470. The number of aryl methyl sites for hydroxylation is 1. The normalized spacial score (nSPS) is 10.1. The van der Waals surface area contributed by atoms with Crippen LogP contribution in [0.2, 0.25) is 0 Å². The molecule has 0 aliphatic rings. The molecule has 5 heteroatoms. The second-order valence-corrected chi connectivity index (χ2v) is 3.25. The summed E-state index contributed by atoms with van der Waals surface area (Å²) in [4.78, 5) is 10.6. The average molecular weight is 218 g/mol. The van der Waals surface area contributed by atoms with Gasteiger partial charge in [-0.05, 0) is 24.1 Å². The zero-order valence-electron chi connectivity index (χ0n) is 8.81. The molecule has 1 N–H and O–H groups in total. The molecule has 82 valence electrons. The van der Waals surface area contributed by atoms with Crippen LogP contribution in [0.15, 0.2) is 30.6 Å². The van der Waals surface area contributed by atoms with Gasteiger partial charge in [0.05, 0.1) is 0 Å². The van der Waals surface area contributed by atoms with Crippen LogP contribution in [0.4, 0.5) is 16.0 Å². The Labute approximate surface area is 92.6 Å². The molecule has 1 aromatic carbocycles. The van der Waals surface area contributed by atoms with Crippen molar-refractivity contribution >= 4 is 11.6 Å². The Hall–Kier alpha value is -2.04. The molecule has 1 heterocycles. The largest absolute Gasteiger partial charge is 0.324 e. The van der Waals surface area contributed by atoms with Gasteiger partial charge in [0.2, 0.25) is 5.95 Å². The summed E-state index contributed by atoms with van der Waals surface area (Å²) in [5.74, 6) is 0.205. The molecule has 16 heavy (non-hydrogen) atoms. The summed E-state index contributed by atoms with van der Waals surface area (Å²) in [5.41, 5.74) is 2.06. The molecular weight excluding hydrogens is 207 g/mol. The third-order valence-electron chi connectivity index (χ3n) is 2.16. The Balaban J connectivity index is 2.14. The molecule has 4 nitrogen and oxygen atoms in total. The van der Waals surface area contributed by atoms with E-state index in [-0.39, 0.29) is 5.95 Å². The standard InChI is InChI=1S/C11H11FN4/c1-2-8-3-5-9(6-4-8)15-11-14-7-13-10(12)16-11/h3-7H,2H2,1H3,(H,13,14,15,16). The predicted molar refractivity (Wildman–Crippen MR) is 58.9 cm³/mol. The number of rotatable bonds is 3. The summed E-state index contributed by atoms with van der Waals surface area (Å²) in [6.07, 6.45) is 1.33. The van der Waals surface area contributed by atoms with Gasteiger partial charge in [-0.1, -0.05) is 19.1 Å². The van der Waals surface area contributed by atoms with Crippen LogP contribution in [0.1, 0.15) is 12.5 Å². The molecule has 0 amide bonds. The molecule has 0 atom stereocenters. The maximum absolute atomic E-state index is 12.7. The lowest BCUT2D eigenvalue weighted by Gasteiger charge is -2.04. The molecule has 0 unspecified atom stereocenters. The van der Waals surface area contributed by atoms with E-state index < -0.39 is 6.08 Å². The van der Waals surface area contributed by atoms with Crippen molar-refractivity contribution in [1.29, 1.82) is 0 Å². The molecule has 1 aromatic heterocycles. The van der Waals surface area contributed by atoms with Crippen LogP contribution in [-0.4, -0.2) is 15.0 Å². The highest BCUT2D eigenvalue weighted by Gasteiger charge is 1.99. The van der Waals surface area contributed by atoms with Crippen molar-refractivity contribution in [1.82, 2.24) is 15.0 Å². The summed E-state index contributed by atoms with van der Waals surface area (Å²) < 4.78 is 12.7. The van der Waals surface area contributed by atoms with Crippen LogP contribution in [0.5, 0.6) is 0 Å². The van der Waals surface area contributed by atoms with Gasteiger partial charge in [-0.15, -0.1) is 0 Å². The highest BCUT2D eigenvalue weighted by atomic mass is 19.1. The van der Waals surface area contributed by atoms with E-state index in [0.29, 0.717) is 0 Å². The van der Waals surface area contributed by atoms with Crippen molar-refractivity contribution in [3.05, 3.63) is 42.2 Å². The zero-order valence-corrected chi connectivity index (χ0v) is 8.81. The van der Waals surface area contributed by atoms with E-state index >= 15 is 0 Å². The maximum Gasteiger partial charge on any atom is 0.313 e. The molecule has 0 radical (unpaired) electrons. The molecule has 2 rings (SSSR count). The lowest BCUT2D eigenvalue weighted by Crippen LogP contribution is -2.00. The highest BCUT2D eigenvalue weighted by molar-refractivity contribution is 5.53. The van der Waals surface area contributed by atoms with Crippen LogP contribution in [-0.2, 0) is 6.42 Å². The Morgan fingerprint density at radius 2 is 1.94 bits per heavy atom. The smallest absolute Gasteiger partial charge is 0.313 e. The van der Waals surface area contributed by atoms with Gasteiger partial charge in [0.25, 0.3) is 0 Å². The molecule has 0 aliphatic heterocycles. The number of hydrogen-bond donors (Lipinski definition) is 1. The lowest BCUT2D eigenvalue weighted by molar-refractivity contribution is 0.534.